The Balaban J connectivity index is 0.000000714. The SMILES string of the molecule is CC(=O)O.Oc1c2cccc1CCCCc1cccc(c1O)C=Nc1ccccc1N=C2.[Mn]. The quantitative estimate of drug-likeness (QED) is 0.363. The Morgan fingerprint density at radius 1 is 0.727 bits per heavy atom. The number of hydrogen-bond acceptors (Lipinski definition) is 5. The number of carboxylic acid groups (broad SMARTS) is 1. The molecule has 0 saturated heterocycles. The van der Waals surface area contributed by atoms with Gasteiger partial charge in [-0.05, 0) is 61.1 Å². The first kappa shape index (κ1) is 25.8. The number of carbonyl (C=O) groups is 1. The van der Waals surface area contributed by atoms with Crippen LogP contribution in [-0.2, 0) is 34.7 Å². The number of fused-ring (bicyclic) bond motifs is 5. The number of nitrogens with zero attached hydrogens (tertiary/aromatic N) is 2. The fraction of sp³-hybridized carbons (Fsp3) is 0.192. The molecule has 0 amide bonds. The van der Waals surface area contributed by atoms with E-state index >= 15 is 0 Å². The summed E-state index contributed by atoms with van der Waals surface area (Å²) in [4.78, 5) is 18.1. The molecule has 4 bridgehead atoms. The van der Waals surface area contributed by atoms with E-state index in [2.05, 4.69) is 9.98 Å². The second-order valence-corrected chi connectivity index (χ2v) is 7.44. The maximum atomic E-state index is 10.6. The molecule has 1 aliphatic heterocycles. The number of carboxylic acids is 1. The molecule has 7 heteroatoms. The first-order valence-electron chi connectivity index (χ1n) is 10.4. The Bertz CT molecular complexity index is 1070. The van der Waals surface area contributed by atoms with Gasteiger partial charge in [0.05, 0.1) is 11.4 Å². The molecule has 0 spiro atoms. The predicted octanol–water partition coefficient (Wildman–Crippen LogP) is 5.57. The normalized spacial score (nSPS) is 12.5. The zero-order chi connectivity index (χ0) is 22.9. The van der Waals surface area contributed by atoms with Gasteiger partial charge in [0.15, 0.2) is 0 Å². The van der Waals surface area contributed by atoms with Gasteiger partial charge in [-0.2, -0.15) is 0 Å². The van der Waals surface area contributed by atoms with Crippen molar-refractivity contribution in [2.24, 2.45) is 9.98 Å². The van der Waals surface area contributed by atoms with Crippen LogP contribution < -0.4 is 0 Å². The number of aromatic hydroxyl groups is 2. The van der Waals surface area contributed by atoms with E-state index in [9.17, 15) is 10.2 Å². The van der Waals surface area contributed by atoms with Gasteiger partial charge in [0, 0.05) is 47.5 Å². The van der Waals surface area contributed by atoms with E-state index in [4.69, 9.17) is 9.90 Å². The average Bonchev–Trinajstić information content (AvgIpc) is 2.76. The maximum Gasteiger partial charge on any atom is 0.300 e. The largest absolute Gasteiger partial charge is 0.507 e. The summed E-state index contributed by atoms with van der Waals surface area (Å²) in [6, 6.07) is 19.1. The molecular formula is C26H26MnN2O4. The monoisotopic (exact) mass is 485 g/mol. The molecule has 0 aromatic heterocycles. The summed E-state index contributed by atoms with van der Waals surface area (Å²) >= 11 is 0. The molecule has 171 valence electrons. The number of para-hydroxylation sites is 4. The maximum absolute atomic E-state index is 10.6. The summed E-state index contributed by atoms with van der Waals surface area (Å²) in [5.41, 5.74) is 4.63. The third-order valence-corrected chi connectivity index (χ3v) is 5.01. The smallest absolute Gasteiger partial charge is 0.300 e. The summed E-state index contributed by atoms with van der Waals surface area (Å²) in [7, 11) is 0. The van der Waals surface area contributed by atoms with Crippen LogP contribution in [0.3, 0.4) is 0 Å². The van der Waals surface area contributed by atoms with Crippen molar-refractivity contribution in [1.82, 2.24) is 0 Å². The summed E-state index contributed by atoms with van der Waals surface area (Å²) < 4.78 is 0. The number of rotatable bonds is 0. The summed E-state index contributed by atoms with van der Waals surface area (Å²) in [6.45, 7) is 1.08. The molecule has 0 atom stereocenters. The predicted molar refractivity (Wildman–Crippen MR) is 127 cm³/mol. The van der Waals surface area contributed by atoms with Gasteiger partial charge in [-0.25, -0.2) is 0 Å². The van der Waals surface area contributed by atoms with Crippen LogP contribution in [0.1, 0.15) is 42.0 Å². The van der Waals surface area contributed by atoms with Crippen LogP contribution in [-0.4, -0.2) is 33.7 Å². The molecule has 0 aliphatic carbocycles. The molecule has 1 radical (unpaired) electrons. The van der Waals surface area contributed by atoms with Crippen molar-refractivity contribution >= 4 is 29.8 Å². The molecule has 0 saturated carbocycles. The second-order valence-electron chi connectivity index (χ2n) is 7.44. The number of phenols is 2. The molecule has 1 aliphatic rings. The van der Waals surface area contributed by atoms with Crippen LogP contribution in [0.5, 0.6) is 11.5 Å². The van der Waals surface area contributed by atoms with E-state index in [-0.39, 0.29) is 28.6 Å². The van der Waals surface area contributed by atoms with Crippen molar-refractivity contribution in [3.8, 4) is 11.5 Å². The molecule has 1 heterocycles. The molecule has 3 N–H and O–H groups in total. The van der Waals surface area contributed by atoms with Crippen molar-refractivity contribution < 1.29 is 37.2 Å². The van der Waals surface area contributed by atoms with Crippen molar-refractivity contribution in [3.05, 3.63) is 82.9 Å². The van der Waals surface area contributed by atoms with Gasteiger partial charge in [0.2, 0.25) is 0 Å². The van der Waals surface area contributed by atoms with E-state index in [1.54, 1.807) is 12.4 Å². The molecule has 4 rings (SSSR count). The molecular weight excluding hydrogens is 459 g/mol. The average molecular weight is 485 g/mol. The van der Waals surface area contributed by atoms with Crippen LogP contribution in [0, 0.1) is 0 Å². The van der Waals surface area contributed by atoms with Gasteiger partial charge in [0.25, 0.3) is 5.97 Å². The summed E-state index contributed by atoms with van der Waals surface area (Å²) in [6.07, 6.45) is 6.77. The third-order valence-electron chi connectivity index (χ3n) is 5.01. The first-order valence-corrected chi connectivity index (χ1v) is 10.4. The molecule has 3 aromatic rings. The fourth-order valence-corrected chi connectivity index (χ4v) is 3.43. The molecule has 33 heavy (non-hydrogen) atoms. The molecule has 0 fully saturated rings. The number of aryl methyl sites for hydroxylation is 2. The second kappa shape index (κ2) is 12.6. The van der Waals surface area contributed by atoms with Gasteiger partial charge in [-0.15, -0.1) is 0 Å². The summed E-state index contributed by atoms with van der Waals surface area (Å²) in [5.74, 6) is -0.270. The number of aliphatic imine (C=N–C) groups is 2. The van der Waals surface area contributed by atoms with Crippen molar-refractivity contribution in [1.29, 1.82) is 0 Å². The number of phenolic OH excluding ortho intramolecular Hbond substituents is 2. The zero-order valence-electron chi connectivity index (χ0n) is 18.3. The van der Waals surface area contributed by atoms with Crippen LogP contribution >= 0.6 is 0 Å². The molecule has 3 aromatic carbocycles. The van der Waals surface area contributed by atoms with E-state index < -0.39 is 5.97 Å². The van der Waals surface area contributed by atoms with E-state index in [0.717, 1.165) is 43.7 Å². The molecule has 6 nitrogen and oxygen atoms in total. The fourth-order valence-electron chi connectivity index (χ4n) is 3.43. The van der Waals surface area contributed by atoms with Gasteiger partial charge in [-0.1, -0.05) is 36.4 Å². The van der Waals surface area contributed by atoms with Crippen LogP contribution in [0.4, 0.5) is 11.4 Å². The van der Waals surface area contributed by atoms with Crippen molar-refractivity contribution in [2.45, 2.75) is 32.6 Å². The minimum atomic E-state index is -0.833. The summed E-state index contributed by atoms with van der Waals surface area (Å²) in [5, 5.41) is 28.6. The van der Waals surface area contributed by atoms with Gasteiger partial charge >= 0.3 is 0 Å². The van der Waals surface area contributed by atoms with Gasteiger partial charge in [-0.3, -0.25) is 14.8 Å². The minimum absolute atomic E-state index is 0. The number of benzene rings is 3. The van der Waals surface area contributed by atoms with Gasteiger partial charge in [0.1, 0.15) is 11.5 Å². The van der Waals surface area contributed by atoms with Crippen molar-refractivity contribution in [2.75, 3.05) is 0 Å². The Morgan fingerprint density at radius 2 is 1.12 bits per heavy atom. The number of hydrogen-bond donors (Lipinski definition) is 3. The topological polar surface area (TPSA) is 102 Å². The van der Waals surface area contributed by atoms with E-state index in [1.165, 1.54) is 0 Å². The third kappa shape index (κ3) is 7.31. The Morgan fingerprint density at radius 3 is 1.52 bits per heavy atom. The van der Waals surface area contributed by atoms with E-state index in [0.29, 0.717) is 22.5 Å². The first-order chi connectivity index (χ1) is 15.5. The van der Waals surface area contributed by atoms with Crippen molar-refractivity contribution in [3.63, 3.8) is 0 Å². The van der Waals surface area contributed by atoms with Crippen LogP contribution in [0.25, 0.3) is 0 Å². The Labute approximate surface area is 203 Å². The Kier molecular flexibility index (Phi) is 9.85. The van der Waals surface area contributed by atoms with E-state index in [1.807, 2.05) is 60.7 Å². The molecule has 0 unspecified atom stereocenters. The standard InChI is InChI=1S/C24H22N2O2.C2H4O2.Mn/c27-23-17-7-1-2-8-18-10-6-12-20(24(18)28)16-26-22-14-4-3-13-21(22)25-15-19(23)11-5-9-17;1-2(3)4;/h3-6,9-16,27-28H,1-2,7-8H2;1H3,(H,3,4);. The van der Waals surface area contributed by atoms with Gasteiger partial charge < -0.3 is 15.3 Å². The van der Waals surface area contributed by atoms with Crippen LogP contribution in [0.2, 0.25) is 0 Å². The zero-order valence-corrected chi connectivity index (χ0v) is 19.5. The minimum Gasteiger partial charge on any atom is -0.507 e. The van der Waals surface area contributed by atoms with Crippen LogP contribution in [0.15, 0.2) is 70.6 Å². The number of aliphatic carboxylic acids is 1. The Hall–Kier alpha value is -3.41.